The number of piperidine rings is 2. The number of aromatic nitrogens is 2. The van der Waals surface area contributed by atoms with Gasteiger partial charge in [-0.3, -0.25) is 9.69 Å². The summed E-state index contributed by atoms with van der Waals surface area (Å²) in [7, 11) is 0. The molecule has 0 saturated carbocycles. The van der Waals surface area contributed by atoms with Gasteiger partial charge >= 0.3 is 0 Å². The quantitative estimate of drug-likeness (QED) is 0.757. The summed E-state index contributed by atoms with van der Waals surface area (Å²) in [6.45, 7) is 5.22. The molecular weight excluding hydrogens is 370 g/mol. The van der Waals surface area contributed by atoms with Crippen LogP contribution in [0, 0.1) is 0 Å². The lowest BCUT2D eigenvalue weighted by Crippen LogP contribution is -2.51. The molecule has 3 saturated heterocycles. The molecule has 0 aliphatic carbocycles. The van der Waals surface area contributed by atoms with Crippen LogP contribution in [0.15, 0.2) is 0 Å². The Morgan fingerprint density at radius 3 is 2.79 bits per heavy atom. The van der Waals surface area contributed by atoms with Crippen molar-refractivity contribution in [2.24, 2.45) is 0 Å². The number of rotatable bonds is 5. The summed E-state index contributed by atoms with van der Waals surface area (Å²) < 4.78 is 4.17. The van der Waals surface area contributed by atoms with Gasteiger partial charge in [0.15, 0.2) is 0 Å². The van der Waals surface area contributed by atoms with E-state index in [1.54, 1.807) is 11.5 Å². The van der Waals surface area contributed by atoms with Crippen LogP contribution in [0.1, 0.15) is 74.4 Å². The molecule has 28 heavy (non-hydrogen) atoms. The molecule has 0 N–H and O–H groups in total. The molecule has 0 radical (unpaired) electrons. The Hall–Kier alpha value is -1.05. The highest BCUT2D eigenvalue weighted by Gasteiger charge is 2.43. The third kappa shape index (κ3) is 3.73. The number of carbonyl (C=O) groups excluding carboxylic acids is 1. The van der Waals surface area contributed by atoms with E-state index in [1.807, 2.05) is 0 Å². The van der Waals surface area contributed by atoms with Gasteiger partial charge in [-0.25, -0.2) is 0 Å². The van der Waals surface area contributed by atoms with E-state index in [1.165, 1.54) is 75.2 Å². The first-order chi connectivity index (χ1) is 13.8. The van der Waals surface area contributed by atoms with Gasteiger partial charge in [-0.15, -0.1) is 5.10 Å². The van der Waals surface area contributed by atoms with Gasteiger partial charge in [-0.05, 0) is 76.0 Å². The molecule has 6 nitrogen and oxygen atoms in total. The molecule has 154 valence electrons. The lowest BCUT2D eigenvalue weighted by atomic mass is 9.98. The molecular formula is C21H33N5OS. The highest BCUT2D eigenvalue weighted by atomic mass is 32.1. The van der Waals surface area contributed by atoms with Crippen molar-refractivity contribution in [3.8, 4) is 0 Å². The highest BCUT2D eigenvalue weighted by molar-refractivity contribution is 7.05. The molecule has 3 fully saturated rings. The molecule has 4 aliphatic rings. The van der Waals surface area contributed by atoms with Crippen LogP contribution in [0.2, 0.25) is 0 Å². The molecule has 2 bridgehead atoms. The molecule has 1 aromatic heterocycles. The van der Waals surface area contributed by atoms with Crippen LogP contribution in [0.4, 0.5) is 0 Å². The SMILES string of the molecule is O=C(CN1[C@H]2CC[C@H]1c1snnc1C2)N1CCCC[C@@H]1CCN1CCCCC1. The van der Waals surface area contributed by atoms with Crippen molar-refractivity contribution in [1.82, 2.24) is 24.3 Å². The van der Waals surface area contributed by atoms with Crippen molar-refractivity contribution in [2.75, 3.05) is 32.7 Å². The Morgan fingerprint density at radius 1 is 1.04 bits per heavy atom. The van der Waals surface area contributed by atoms with Gasteiger partial charge < -0.3 is 9.80 Å². The zero-order valence-corrected chi connectivity index (χ0v) is 17.7. The number of nitrogens with zero attached hydrogens (tertiary/aromatic N) is 5. The van der Waals surface area contributed by atoms with Gasteiger partial charge in [0.05, 0.1) is 17.1 Å². The summed E-state index contributed by atoms with van der Waals surface area (Å²) in [5.74, 6) is 0.362. The fraction of sp³-hybridized carbons (Fsp3) is 0.857. The lowest BCUT2D eigenvalue weighted by Gasteiger charge is -2.40. The van der Waals surface area contributed by atoms with Crippen molar-refractivity contribution in [1.29, 1.82) is 0 Å². The van der Waals surface area contributed by atoms with Gasteiger partial charge in [0.2, 0.25) is 5.91 Å². The first-order valence-corrected chi connectivity index (χ1v) is 12.2. The average molecular weight is 404 g/mol. The highest BCUT2D eigenvalue weighted by Crippen LogP contribution is 2.44. The van der Waals surface area contributed by atoms with Crippen molar-refractivity contribution in [2.45, 2.75) is 82.3 Å². The molecule has 0 unspecified atom stereocenters. The molecule has 1 aromatic rings. The molecule has 7 heteroatoms. The second kappa shape index (κ2) is 8.36. The van der Waals surface area contributed by atoms with Gasteiger partial charge in [-0.1, -0.05) is 10.9 Å². The summed E-state index contributed by atoms with van der Waals surface area (Å²) in [5, 5.41) is 4.32. The van der Waals surface area contributed by atoms with E-state index in [0.29, 0.717) is 30.6 Å². The van der Waals surface area contributed by atoms with Crippen molar-refractivity contribution < 1.29 is 4.79 Å². The molecule has 5 heterocycles. The molecule has 3 atom stereocenters. The standard InChI is InChI=1S/C21H33N5OS/c27-20(15-26-17-7-8-19(26)21-18(14-17)22-23-28-21)25-12-5-2-6-16(25)9-13-24-10-3-1-4-11-24/h16-17,19H,1-15H2/t16-,17+,19+/m1/s1. The van der Waals surface area contributed by atoms with Crippen LogP contribution in [0.5, 0.6) is 0 Å². The van der Waals surface area contributed by atoms with Gasteiger partial charge in [0.1, 0.15) is 0 Å². The minimum absolute atomic E-state index is 0.362. The zero-order chi connectivity index (χ0) is 18.9. The summed E-state index contributed by atoms with van der Waals surface area (Å²) >= 11 is 1.54. The Labute approximate surface area is 172 Å². The van der Waals surface area contributed by atoms with Gasteiger partial charge in [-0.2, -0.15) is 0 Å². The van der Waals surface area contributed by atoms with Crippen LogP contribution in [-0.2, 0) is 11.2 Å². The summed E-state index contributed by atoms with van der Waals surface area (Å²) in [5.41, 5.74) is 1.19. The van der Waals surface area contributed by atoms with E-state index in [0.717, 1.165) is 25.8 Å². The van der Waals surface area contributed by atoms with Gasteiger partial charge in [0.25, 0.3) is 0 Å². The predicted molar refractivity (Wildman–Crippen MR) is 110 cm³/mol. The van der Waals surface area contributed by atoms with Crippen LogP contribution >= 0.6 is 11.5 Å². The smallest absolute Gasteiger partial charge is 0.237 e. The van der Waals surface area contributed by atoms with E-state index in [-0.39, 0.29) is 0 Å². The first kappa shape index (κ1) is 18.9. The number of amides is 1. The van der Waals surface area contributed by atoms with E-state index in [2.05, 4.69) is 24.3 Å². The van der Waals surface area contributed by atoms with Crippen molar-refractivity contribution >= 4 is 17.4 Å². The molecule has 0 spiro atoms. The summed E-state index contributed by atoms with van der Waals surface area (Å²) in [6, 6.07) is 1.32. The maximum atomic E-state index is 13.3. The topological polar surface area (TPSA) is 52.6 Å². The average Bonchev–Trinajstić information content (AvgIpc) is 3.31. The summed E-state index contributed by atoms with van der Waals surface area (Å²) in [6.07, 6.45) is 12.2. The lowest BCUT2D eigenvalue weighted by molar-refractivity contribution is -0.137. The zero-order valence-electron chi connectivity index (χ0n) is 16.9. The third-order valence-electron chi connectivity index (χ3n) is 7.45. The second-order valence-electron chi connectivity index (χ2n) is 9.14. The Kier molecular flexibility index (Phi) is 5.66. The Balaban J connectivity index is 1.21. The van der Waals surface area contributed by atoms with Crippen LogP contribution in [-0.4, -0.2) is 75.0 Å². The molecule has 4 aliphatic heterocycles. The number of hydrogen-bond donors (Lipinski definition) is 0. The number of carbonyl (C=O) groups is 1. The van der Waals surface area contributed by atoms with E-state index < -0.39 is 0 Å². The van der Waals surface area contributed by atoms with Crippen molar-refractivity contribution in [3.05, 3.63) is 10.6 Å². The number of fused-ring (bicyclic) bond motifs is 4. The number of hydrogen-bond acceptors (Lipinski definition) is 6. The van der Waals surface area contributed by atoms with E-state index >= 15 is 0 Å². The van der Waals surface area contributed by atoms with Gasteiger partial charge in [0, 0.05) is 37.6 Å². The Bertz CT molecular complexity index is 688. The maximum absolute atomic E-state index is 13.3. The molecule has 0 aromatic carbocycles. The van der Waals surface area contributed by atoms with Crippen LogP contribution < -0.4 is 0 Å². The predicted octanol–water partition coefficient (Wildman–Crippen LogP) is 2.86. The van der Waals surface area contributed by atoms with E-state index in [9.17, 15) is 4.79 Å². The fourth-order valence-electron chi connectivity index (χ4n) is 5.90. The second-order valence-corrected chi connectivity index (χ2v) is 9.92. The first-order valence-electron chi connectivity index (χ1n) is 11.4. The van der Waals surface area contributed by atoms with Crippen molar-refractivity contribution in [3.63, 3.8) is 0 Å². The van der Waals surface area contributed by atoms with E-state index in [4.69, 9.17) is 0 Å². The fourth-order valence-corrected chi connectivity index (χ4v) is 6.73. The maximum Gasteiger partial charge on any atom is 0.237 e. The normalized spacial score (nSPS) is 31.1. The molecule has 1 amide bonds. The largest absolute Gasteiger partial charge is 0.339 e. The Morgan fingerprint density at radius 2 is 1.89 bits per heavy atom. The third-order valence-corrected chi connectivity index (χ3v) is 8.32. The minimum Gasteiger partial charge on any atom is -0.339 e. The van der Waals surface area contributed by atoms with Crippen LogP contribution in [0.3, 0.4) is 0 Å². The van der Waals surface area contributed by atoms with Crippen LogP contribution in [0.25, 0.3) is 0 Å². The monoisotopic (exact) mass is 403 g/mol. The number of likely N-dealkylation sites (tertiary alicyclic amines) is 2. The molecule has 5 rings (SSSR count). The minimum atomic E-state index is 0.362. The summed E-state index contributed by atoms with van der Waals surface area (Å²) in [4.78, 5) is 22.0.